The molecule has 1 heterocycles. The Labute approximate surface area is 55.0 Å². The standard InChI is InChI=1S/C7H11NO/c9-7-5-3-1-2-4-6-8-7/h6H,1-5H2/b8-6-. The number of nitrogens with zero attached hydrogens (tertiary/aromatic N) is 1. The van der Waals surface area contributed by atoms with Gasteiger partial charge < -0.3 is 0 Å². The van der Waals surface area contributed by atoms with Crippen LogP contribution < -0.4 is 0 Å². The fraction of sp³-hybridized carbons (Fsp3) is 0.714. The Balaban J connectivity index is 2.39. The molecule has 1 amide bonds. The second-order valence-corrected chi connectivity index (χ2v) is 2.30. The quantitative estimate of drug-likeness (QED) is 0.483. The summed E-state index contributed by atoms with van der Waals surface area (Å²) in [6.07, 6.45) is 6.76. The minimum atomic E-state index is 0.0506. The van der Waals surface area contributed by atoms with Crippen molar-refractivity contribution in [1.82, 2.24) is 0 Å². The summed E-state index contributed by atoms with van der Waals surface area (Å²) in [5.41, 5.74) is 0. The summed E-state index contributed by atoms with van der Waals surface area (Å²) in [5.74, 6) is 0.0506. The molecule has 0 atom stereocenters. The van der Waals surface area contributed by atoms with Crippen LogP contribution in [0.25, 0.3) is 0 Å². The van der Waals surface area contributed by atoms with Gasteiger partial charge in [-0.3, -0.25) is 4.79 Å². The van der Waals surface area contributed by atoms with Gasteiger partial charge in [0.15, 0.2) is 0 Å². The van der Waals surface area contributed by atoms with Crippen LogP contribution in [0.4, 0.5) is 0 Å². The van der Waals surface area contributed by atoms with Gasteiger partial charge >= 0.3 is 0 Å². The minimum absolute atomic E-state index is 0.0506. The Morgan fingerprint density at radius 1 is 1.33 bits per heavy atom. The maximum atomic E-state index is 10.6. The molecule has 1 aliphatic heterocycles. The highest BCUT2D eigenvalue weighted by molar-refractivity contribution is 5.84. The van der Waals surface area contributed by atoms with Gasteiger partial charge in [0.05, 0.1) is 0 Å². The number of hydrogen-bond acceptors (Lipinski definition) is 1. The van der Waals surface area contributed by atoms with Crippen molar-refractivity contribution in [2.75, 3.05) is 0 Å². The molecule has 0 saturated carbocycles. The average molecular weight is 125 g/mol. The second kappa shape index (κ2) is 3.38. The van der Waals surface area contributed by atoms with Crippen LogP contribution in [0, 0.1) is 0 Å². The van der Waals surface area contributed by atoms with Crippen molar-refractivity contribution in [3.05, 3.63) is 0 Å². The first-order valence-corrected chi connectivity index (χ1v) is 3.45. The van der Waals surface area contributed by atoms with E-state index in [9.17, 15) is 4.79 Å². The SMILES string of the molecule is O=C1CCCCC/C=N\1. The van der Waals surface area contributed by atoms with Crippen LogP contribution in [0.3, 0.4) is 0 Å². The Bertz CT molecular complexity index is 129. The highest BCUT2D eigenvalue weighted by atomic mass is 16.1. The van der Waals surface area contributed by atoms with Crippen molar-refractivity contribution in [3.8, 4) is 0 Å². The lowest BCUT2D eigenvalue weighted by Crippen LogP contribution is -1.96. The van der Waals surface area contributed by atoms with Gasteiger partial charge in [-0.2, -0.15) is 0 Å². The third-order valence-corrected chi connectivity index (χ3v) is 1.46. The van der Waals surface area contributed by atoms with E-state index in [4.69, 9.17) is 0 Å². The fourth-order valence-electron chi connectivity index (χ4n) is 0.920. The summed E-state index contributed by atoms with van der Waals surface area (Å²) in [4.78, 5) is 14.4. The van der Waals surface area contributed by atoms with E-state index in [1.165, 1.54) is 12.8 Å². The molecular weight excluding hydrogens is 114 g/mol. The summed E-state index contributed by atoms with van der Waals surface area (Å²) in [6, 6.07) is 0. The minimum Gasteiger partial charge on any atom is -0.273 e. The maximum absolute atomic E-state index is 10.6. The fourth-order valence-corrected chi connectivity index (χ4v) is 0.920. The van der Waals surface area contributed by atoms with E-state index in [1.807, 2.05) is 0 Å². The average Bonchev–Trinajstić information content (AvgIpc) is 1.79. The molecule has 0 bridgehead atoms. The Hall–Kier alpha value is -0.660. The molecule has 1 rings (SSSR count). The van der Waals surface area contributed by atoms with Gasteiger partial charge in [-0.05, 0) is 19.3 Å². The van der Waals surface area contributed by atoms with Crippen molar-refractivity contribution < 1.29 is 4.79 Å². The molecule has 0 saturated heterocycles. The van der Waals surface area contributed by atoms with E-state index < -0.39 is 0 Å². The van der Waals surface area contributed by atoms with E-state index >= 15 is 0 Å². The van der Waals surface area contributed by atoms with Crippen LogP contribution in [-0.2, 0) is 4.79 Å². The molecule has 0 unspecified atom stereocenters. The van der Waals surface area contributed by atoms with Crippen LogP contribution in [0.1, 0.15) is 32.1 Å². The van der Waals surface area contributed by atoms with Crippen LogP contribution in [-0.4, -0.2) is 12.1 Å². The molecule has 1 aliphatic rings. The molecule has 0 aromatic carbocycles. The maximum Gasteiger partial charge on any atom is 0.245 e. The predicted molar refractivity (Wildman–Crippen MR) is 36.6 cm³/mol. The van der Waals surface area contributed by atoms with Gasteiger partial charge in [0.25, 0.3) is 0 Å². The lowest BCUT2D eigenvalue weighted by molar-refractivity contribution is -0.117. The van der Waals surface area contributed by atoms with Crippen molar-refractivity contribution in [3.63, 3.8) is 0 Å². The van der Waals surface area contributed by atoms with Crippen molar-refractivity contribution in [2.45, 2.75) is 32.1 Å². The summed E-state index contributed by atoms with van der Waals surface area (Å²) in [5, 5.41) is 0. The van der Waals surface area contributed by atoms with Crippen LogP contribution in [0.2, 0.25) is 0 Å². The number of amides is 1. The lowest BCUT2D eigenvalue weighted by atomic mass is 10.1. The largest absolute Gasteiger partial charge is 0.273 e. The first-order valence-electron chi connectivity index (χ1n) is 3.45. The number of hydrogen-bond donors (Lipinski definition) is 0. The normalized spacial score (nSPS) is 24.7. The van der Waals surface area contributed by atoms with Crippen molar-refractivity contribution >= 4 is 12.1 Å². The van der Waals surface area contributed by atoms with Crippen LogP contribution in [0.15, 0.2) is 4.99 Å². The molecule has 0 spiro atoms. The van der Waals surface area contributed by atoms with Crippen molar-refractivity contribution in [2.24, 2.45) is 4.99 Å². The molecular formula is C7H11NO. The Kier molecular flexibility index (Phi) is 2.43. The highest BCUT2D eigenvalue weighted by Crippen LogP contribution is 2.05. The zero-order chi connectivity index (χ0) is 6.53. The topological polar surface area (TPSA) is 29.4 Å². The van der Waals surface area contributed by atoms with E-state index in [0.29, 0.717) is 6.42 Å². The van der Waals surface area contributed by atoms with Gasteiger partial charge in [0, 0.05) is 12.6 Å². The molecule has 50 valence electrons. The van der Waals surface area contributed by atoms with Crippen LogP contribution >= 0.6 is 0 Å². The number of carbonyl (C=O) groups is 1. The predicted octanol–water partition coefficient (Wildman–Crippen LogP) is 1.55. The Morgan fingerprint density at radius 3 is 3.11 bits per heavy atom. The van der Waals surface area contributed by atoms with E-state index in [1.54, 1.807) is 6.21 Å². The second-order valence-electron chi connectivity index (χ2n) is 2.30. The summed E-state index contributed by atoms with van der Waals surface area (Å²) >= 11 is 0. The van der Waals surface area contributed by atoms with E-state index in [-0.39, 0.29) is 5.91 Å². The van der Waals surface area contributed by atoms with Gasteiger partial charge in [0.2, 0.25) is 5.91 Å². The number of carbonyl (C=O) groups excluding carboxylic acids is 1. The Morgan fingerprint density at radius 2 is 2.22 bits per heavy atom. The van der Waals surface area contributed by atoms with Crippen molar-refractivity contribution in [1.29, 1.82) is 0 Å². The van der Waals surface area contributed by atoms with Gasteiger partial charge in [-0.15, -0.1) is 0 Å². The summed E-state index contributed by atoms with van der Waals surface area (Å²) < 4.78 is 0. The zero-order valence-corrected chi connectivity index (χ0v) is 5.47. The molecule has 9 heavy (non-hydrogen) atoms. The number of aliphatic imine (C=N–C) groups is 1. The van der Waals surface area contributed by atoms with E-state index in [0.717, 1.165) is 12.8 Å². The first-order chi connectivity index (χ1) is 4.39. The monoisotopic (exact) mass is 125 g/mol. The van der Waals surface area contributed by atoms with Gasteiger partial charge in [-0.25, -0.2) is 4.99 Å². The smallest absolute Gasteiger partial charge is 0.245 e. The molecule has 2 nitrogen and oxygen atoms in total. The van der Waals surface area contributed by atoms with Gasteiger partial charge in [-0.1, -0.05) is 6.42 Å². The molecule has 0 N–H and O–H groups in total. The molecule has 0 fully saturated rings. The third kappa shape index (κ3) is 2.40. The van der Waals surface area contributed by atoms with Crippen LogP contribution in [0.5, 0.6) is 0 Å². The third-order valence-electron chi connectivity index (χ3n) is 1.46. The molecule has 0 aromatic heterocycles. The highest BCUT2D eigenvalue weighted by Gasteiger charge is 1.99. The molecule has 0 aromatic rings. The van der Waals surface area contributed by atoms with E-state index in [2.05, 4.69) is 4.99 Å². The molecule has 2 heteroatoms. The summed E-state index contributed by atoms with van der Waals surface area (Å²) in [7, 11) is 0. The molecule has 0 aliphatic carbocycles. The first kappa shape index (κ1) is 6.46. The van der Waals surface area contributed by atoms with Gasteiger partial charge in [0.1, 0.15) is 0 Å². The molecule has 0 radical (unpaired) electrons. The zero-order valence-electron chi connectivity index (χ0n) is 5.47. The summed E-state index contributed by atoms with van der Waals surface area (Å²) in [6.45, 7) is 0. The number of rotatable bonds is 0. The lowest BCUT2D eigenvalue weighted by Gasteiger charge is -1.99.